The Kier molecular flexibility index (Phi) is 11.7. The maximum atomic E-state index is 10.6. The molecule has 2 aliphatic rings. The Morgan fingerprint density at radius 2 is 1.97 bits per heavy atom. The minimum absolute atomic E-state index is 0.00587. The Labute approximate surface area is 193 Å². The molecule has 0 aromatic rings. The van der Waals surface area contributed by atoms with Gasteiger partial charge in [-0.2, -0.15) is 0 Å². The fraction of sp³-hybridized carbons (Fsp3) is 0.808. The number of carboxylic acid groups (broad SMARTS) is 1. The number of aliphatic hydroxyl groups is 2. The largest absolute Gasteiger partial charge is 0.481 e. The van der Waals surface area contributed by atoms with Crippen LogP contribution in [-0.4, -0.2) is 52.0 Å². The lowest BCUT2D eigenvalue weighted by Gasteiger charge is -2.34. The molecule has 3 N–H and O–H groups in total. The van der Waals surface area contributed by atoms with Gasteiger partial charge in [0.1, 0.15) is 0 Å². The third kappa shape index (κ3) is 9.23. The van der Waals surface area contributed by atoms with Crippen LogP contribution in [-0.2, 0) is 14.3 Å². The molecule has 6 atom stereocenters. The third-order valence-electron chi connectivity index (χ3n) is 6.73. The quantitative estimate of drug-likeness (QED) is 0.218. The average molecular weight is 451 g/mol. The van der Waals surface area contributed by atoms with Gasteiger partial charge >= 0.3 is 5.97 Å². The summed E-state index contributed by atoms with van der Waals surface area (Å²) < 4.78 is 12.2. The predicted octanol–water partition coefficient (Wildman–Crippen LogP) is 4.43. The zero-order valence-electron chi connectivity index (χ0n) is 19.8. The van der Waals surface area contributed by atoms with Crippen molar-refractivity contribution >= 4 is 5.97 Å². The monoisotopic (exact) mass is 450 g/mol. The van der Waals surface area contributed by atoms with Crippen molar-refractivity contribution in [2.45, 2.75) is 115 Å². The maximum Gasteiger partial charge on any atom is 0.303 e. The van der Waals surface area contributed by atoms with Crippen LogP contribution >= 0.6 is 0 Å². The van der Waals surface area contributed by atoms with E-state index in [2.05, 4.69) is 11.8 Å². The molecule has 1 heterocycles. The number of hydrogen-bond acceptors (Lipinski definition) is 5. The Morgan fingerprint density at radius 3 is 2.66 bits per heavy atom. The molecule has 0 amide bonds. The van der Waals surface area contributed by atoms with Crippen molar-refractivity contribution in [1.29, 1.82) is 0 Å². The molecule has 0 radical (unpaired) electrons. The van der Waals surface area contributed by atoms with E-state index in [1.165, 1.54) is 0 Å². The van der Waals surface area contributed by atoms with Crippen LogP contribution in [0.2, 0.25) is 0 Å². The van der Waals surface area contributed by atoms with Gasteiger partial charge in [-0.1, -0.05) is 31.4 Å². The molecular weight excluding hydrogens is 408 g/mol. The van der Waals surface area contributed by atoms with Crippen LogP contribution in [0.3, 0.4) is 0 Å². The Morgan fingerprint density at radius 1 is 1.19 bits per heavy atom. The van der Waals surface area contributed by atoms with Crippen molar-refractivity contribution in [3.63, 3.8) is 0 Å². The minimum Gasteiger partial charge on any atom is -0.481 e. The van der Waals surface area contributed by atoms with E-state index in [1.54, 1.807) is 0 Å². The van der Waals surface area contributed by atoms with Gasteiger partial charge in [-0.25, -0.2) is 0 Å². The molecule has 32 heavy (non-hydrogen) atoms. The molecule has 6 heteroatoms. The summed E-state index contributed by atoms with van der Waals surface area (Å²) in [6.45, 7) is 4.61. The first kappa shape index (κ1) is 26.9. The molecule has 1 saturated carbocycles. The molecule has 2 fully saturated rings. The lowest BCUT2D eigenvalue weighted by molar-refractivity contribution is -0.207. The standard InChI is InChI=1S/C26H42O6/c1-3-4-10-16-26(2,32-25-14-9-11-18-31-25)17-15-21-20(22(27)19-23(21)28)12-7-5-6-8-13-24(29)30/h15,17,20-23,25,27-28H,5-14,16,18-19H2,1-2H3,(H,29,30)/b17-15+/t20-,21-,22+,23-,25?,26?/m1/s1. The lowest BCUT2D eigenvalue weighted by atomic mass is 9.86. The van der Waals surface area contributed by atoms with E-state index in [0.717, 1.165) is 64.4 Å². The first-order valence-electron chi connectivity index (χ1n) is 12.3. The highest BCUT2D eigenvalue weighted by molar-refractivity contribution is 5.66. The molecule has 0 spiro atoms. The zero-order valence-corrected chi connectivity index (χ0v) is 19.8. The SMILES string of the molecule is CC#CCCC(C)(/C=C/[C@@H]1[C@@H](CCCCCCC(=O)O)[C@@H](O)C[C@H]1O)OC1CCCCO1. The summed E-state index contributed by atoms with van der Waals surface area (Å²) in [4.78, 5) is 10.6. The van der Waals surface area contributed by atoms with Crippen LogP contribution in [0.4, 0.5) is 0 Å². The molecule has 1 aliphatic carbocycles. The number of carboxylic acids is 1. The van der Waals surface area contributed by atoms with Gasteiger partial charge in [0.25, 0.3) is 0 Å². The van der Waals surface area contributed by atoms with Crippen molar-refractivity contribution in [3.05, 3.63) is 12.2 Å². The number of unbranched alkanes of at least 4 members (excludes halogenated alkanes) is 3. The highest BCUT2D eigenvalue weighted by atomic mass is 16.7. The van der Waals surface area contributed by atoms with Gasteiger partial charge in [-0.3, -0.25) is 4.79 Å². The van der Waals surface area contributed by atoms with E-state index >= 15 is 0 Å². The van der Waals surface area contributed by atoms with E-state index < -0.39 is 23.8 Å². The molecule has 1 saturated heterocycles. The van der Waals surface area contributed by atoms with Gasteiger partial charge in [0.15, 0.2) is 6.29 Å². The molecule has 182 valence electrons. The topological polar surface area (TPSA) is 96.2 Å². The van der Waals surface area contributed by atoms with Crippen molar-refractivity contribution in [2.24, 2.45) is 11.8 Å². The second-order valence-electron chi connectivity index (χ2n) is 9.47. The molecule has 2 rings (SSSR count). The number of aliphatic carboxylic acids is 1. The summed E-state index contributed by atoms with van der Waals surface area (Å²) in [5, 5.41) is 29.9. The number of hydrogen-bond donors (Lipinski definition) is 3. The fourth-order valence-electron chi connectivity index (χ4n) is 4.82. The zero-order chi connectivity index (χ0) is 23.4. The number of carbonyl (C=O) groups is 1. The lowest BCUT2D eigenvalue weighted by Crippen LogP contribution is -2.35. The second-order valence-corrected chi connectivity index (χ2v) is 9.47. The number of aliphatic hydroxyl groups excluding tert-OH is 2. The van der Waals surface area contributed by atoms with E-state index in [0.29, 0.717) is 12.8 Å². The first-order valence-corrected chi connectivity index (χ1v) is 12.3. The minimum atomic E-state index is -0.752. The summed E-state index contributed by atoms with van der Waals surface area (Å²) in [7, 11) is 0. The molecule has 2 unspecified atom stereocenters. The van der Waals surface area contributed by atoms with Crippen LogP contribution in [0.15, 0.2) is 12.2 Å². The van der Waals surface area contributed by atoms with Crippen molar-refractivity contribution < 1.29 is 29.6 Å². The fourth-order valence-corrected chi connectivity index (χ4v) is 4.82. The summed E-state index contributed by atoms with van der Waals surface area (Å²) in [6, 6.07) is 0. The predicted molar refractivity (Wildman–Crippen MR) is 124 cm³/mol. The summed E-state index contributed by atoms with van der Waals surface area (Å²) >= 11 is 0. The third-order valence-corrected chi connectivity index (χ3v) is 6.73. The molecule has 0 bridgehead atoms. The molecular formula is C26H42O6. The average Bonchev–Trinajstić information content (AvgIpc) is 3.02. The van der Waals surface area contributed by atoms with Crippen LogP contribution in [0.1, 0.15) is 90.9 Å². The summed E-state index contributed by atoms with van der Waals surface area (Å²) in [6.07, 6.45) is 12.2. The van der Waals surface area contributed by atoms with Gasteiger partial charge in [0.05, 0.1) is 17.8 Å². The van der Waals surface area contributed by atoms with Gasteiger partial charge in [-0.15, -0.1) is 11.8 Å². The molecule has 0 aromatic carbocycles. The van der Waals surface area contributed by atoms with E-state index in [9.17, 15) is 15.0 Å². The summed E-state index contributed by atoms with van der Waals surface area (Å²) in [5.41, 5.74) is -0.541. The molecule has 6 nitrogen and oxygen atoms in total. The van der Waals surface area contributed by atoms with Crippen LogP contribution < -0.4 is 0 Å². The first-order chi connectivity index (χ1) is 15.3. The number of rotatable bonds is 13. The normalized spacial score (nSPS) is 30.1. The van der Waals surface area contributed by atoms with Crippen molar-refractivity contribution in [2.75, 3.05) is 6.61 Å². The van der Waals surface area contributed by atoms with Crippen molar-refractivity contribution in [3.8, 4) is 11.8 Å². The van der Waals surface area contributed by atoms with Gasteiger partial charge < -0.3 is 24.8 Å². The Hall–Kier alpha value is -1.39. The van der Waals surface area contributed by atoms with Crippen LogP contribution in [0.5, 0.6) is 0 Å². The van der Waals surface area contributed by atoms with E-state index in [1.807, 2.05) is 26.0 Å². The van der Waals surface area contributed by atoms with Gasteiger partial charge in [0.2, 0.25) is 0 Å². The smallest absolute Gasteiger partial charge is 0.303 e. The van der Waals surface area contributed by atoms with E-state index in [4.69, 9.17) is 14.6 Å². The maximum absolute atomic E-state index is 10.6. The van der Waals surface area contributed by atoms with E-state index in [-0.39, 0.29) is 24.5 Å². The highest BCUT2D eigenvalue weighted by Gasteiger charge is 2.40. The van der Waals surface area contributed by atoms with Gasteiger partial charge in [-0.05, 0) is 58.3 Å². The molecule has 1 aliphatic heterocycles. The summed E-state index contributed by atoms with van der Waals surface area (Å²) in [5.74, 6) is 5.19. The Balaban J connectivity index is 1.97. The van der Waals surface area contributed by atoms with Crippen molar-refractivity contribution in [1.82, 2.24) is 0 Å². The second kappa shape index (κ2) is 14.0. The Bertz CT molecular complexity index is 644. The molecule has 0 aromatic heterocycles. The van der Waals surface area contributed by atoms with Gasteiger partial charge in [0, 0.05) is 31.8 Å². The highest BCUT2D eigenvalue weighted by Crippen LogP contribution is 2.38. The van der Waals surface area contributed by atoms with Crippen LogP contribution in [0.25, 0.3) is 0 Å². The number of ether oxygens (including phenoxy) is 2. The van der Waals surface area contributed by atoms with Crippen LogP contribution in [0, 0.1) is 23.7 Å².